The van der Waals surface area contributed by atoms with Crippen molar-refractivity contribution in [2.75, 3.05) is 18.5 Å². The zero-order valence-corrected chi connectivity index (χ0v) is 11.3. The number of carbonyl (C=O) groups excluding carboxylic acids is 1. The van der Waals surface area contributed by atoms with E-state index in [1.165, 1.54) is 18.1 Å². The Kier molecular flexibility index (Phi) is 3.33. The molecule has 0 fully saturated rings. The minimum atomic E-state index is -0.178. The first kappa shape index (κ1) is 12.6. The molecule has 0 aliphatic carbocycles. The Balaban J connectivity index is 1.82. The van der Waals surface area contributed by atoms with Gasteiger partial charge in [-0.2, -0.15) is 0 Å². The van der Waals surface area contributed by atoms with Crippen LogP contribution in [0.3, 0.4) is 0 Å². The maximum absolute atomic E-state index is 12.2. The molecule has 1 aliphatic rings. The van der Waals surface area contributed by atoms with Crippen LogP contribution in [-0.4, -0.2) is 29.5 Å². The molecule has 1 aliphatic heterocycles. The van der Waals surface area contributed by atoms with Gasteiger partial charge in [-0.15, -0.1) is 0 Å². The van der Waals surface area contributed by atoms with E-state index in [9.17, 15) is 4.79 Å². The molecule has 0 spiro atoms. The van der Waals surface area contributed by atoms with Gasteiger partial charge in [-0.25, -0.2) is 4.98 Å². The predicted molar refractivity (Wildman–Crippen MR) is 76.6 cm³/mol. The molecule has 0 saturated heterocycles. The number of hydrogen-bond donors (Lipinski definition) is 1. The Hall–Kier alpha value is -2.43. The van der Waals surface area contributed by atoms with Gasteiger partial charge in [0.25, 0.3) is 5.91 Å². The summed E-state index contributed by atoms with van der Waals surface area (Å²) < 4.78 is 0. The molecule has 3 rings (SSSR count). The van der Waals surface area contributed by atoms with Gasteiger partial charge in [0.05, 0.1) is 12.2 Å². The van der Waals surface area contributed by atoms with Gasteiger partial charge in [-0.05, 0) is 18.1 Å². The number of anilines is 1. The molecule has 0 saturated carbocycles. The summed E-state index contributed by atoms with van der Waals surface area (Å²) in [5.74, 6) is -0.178. The average Bonchev–Trinajstić information content (AvgIpc) is 2.51. The molecule has 2 aromatic rings. The number of hydrogen-bond acceptors (Lipinski definition) is 4. The predicted octanol–water partition coefficient (Wildman–Crippen LogP) is 1.79. The van der Waals surface area contributed by atoms with Crippen LogP contribution in [0.25, 0.3) is 0 Å². The van der Waals surface area contributed by atoms with E-state index in [1.807, 2.05) is 12.1 Å². The molecule has 102 valence electrons. The van der Waals surface area contributed by atoms with Gasteiger partial charge in [0.1, 0.15) is 5.69 Å². The number of fused-ring (bicyclic) bond motifs is 1. The first-order valence-corrected chi connectivity index (χ1v) is 6.62. The monoisotopic (exact) mass is 268 g/mol. The Morgan fingerprint density at radius 3 is 3.00 bits per heavy atom. The minimum Gasteiger partial charge on any atom is -0.374 e. The Bertz CT molecular complexity index is 614. The van der Waals surface area contributed by atoms with Gasteiger partial charge >= 0.3 is 0 Å². The van der Waals surface area contributed by atoms with Crippen LogP contribution in [0, 0.1) is 0 Å². The number of rotatable bonds is 2. The summed E-state index contributed by atoms with van der Waals surface area (Å²) in [7, 11) is 2.07. The largest absolute Gasteiger partial charge is 0.374 e. The maximum atomic E-state index is 12.2. The third kappa shape index (κ3) is 2.34. The second kappa shape index (κ2) is 5.28. The summed E-state index contributed by atoms with van der Waals surface area (Å²) in [6, 6.07) is 8.18. The molecule has 1 atom stereocenters. The van der Waals surface area contributed by atoms with Crippen LogP contribution < -0.4 is 10.2 Å². The van der Waals surface area contributed by atoms with Gasteiger partial charge in [0.2, 0.25) is 0 Å². The molecule has 0 bridgehead atoms. The lowest BCUT2D eigenvalue weighted by Crippen LogP contribution is -2.36. The van der Waals surface area contributed by atoms with Crippen molar-refractivity contribution in [2.45, 2.75) is 12.5 Å². The van der Waals surface area contributed by atoms with Crippen LogP contribution >= 0.6 is 0 Å². The minimum absolute atomic E-state index is 0.0249. The van der Waals surface area contributed by atoms with E-state index < -0.39 is 0 Å². The Morgan fingerprint density at radius 1 is 1.35 bits per heavy atom. The molecular weight excluding hydrogens is 252 g/mol. The topological polar surface area (TPSA) is 58.1 Å². The van der Waals surface area contributed by atoms with Crippen LogP contribution in [-0.2, 0) is 0 Å². The summed E-state index contributed by atoms with van der Waals surface area (Å²) in [5.41, 5.74) is 2.67. The van der Waals surface area contributed by atoms with Crippen molar-refractivity contribution >= 4 is 11.6 Å². The quantitative estimate of drug-likeness (QED) is 0.902. The molecular formula is C15H16N4O. The van der Waals surface area contributed by atoms with Gasteiger partial charge in [-0.1, -0.05) is 18.2 Å². The van der Waals surface area contributed by atoms with Crippen LogP contribution in [0.2, 0.25) is 0 Å². The molecule has 1 N–H and O–H groups in total. The smallest absolute Gasteiger partial charge is 0.271 e. The second-order valence-electron chi connectivity index (χ2n) is 4.89. The van der Waals surface area contributed by atoms with Gasteiger partial charge in [0.15, 0.2) is 0 Å². The number of aromatic nitrogens is 2. The third-order valence-electron chi connectivity index (χ3n) is 3.58. The van der Waals surface area contributed by atoms with Crippen molar-refractivity contribution in [2.24, 2.45) is 0 Å². The number of nitrogens with zero attached hydrogens (tertiary/aromatic N) is 3. The van der Waals surface area contributed by atoms with E-state index in [4.69, 9.17) is 0 Å². The second-order valence-corrected chi connectivity index (χ2v) is 4.89. The summed E-state index contributed by atoms with van der Waals surface area (Å²) in [6.07, 6.45) is 5.45. The number of carbonyl (C=O) groups is 1. The summed E-state index contributed by atoms with van der Waals surface area (Å²) in [4.78, 5) is 22.3. The summed E-state index contributed by atoms with van der Waals surface area (Å²) in [5, 5.41) is 3.04. The number of benzene rings is 1. The highest BCUT2D eigenvalue weighted by molar-refractivity contribution is 5.92. The molecule has 5 heteroatoms. The third-order valence-corrected chi connectivity index (χ3v) is 3.58. The van der Waals surface area contributed by atoms with Crippen molar-refractivity contribution < 1.29 is 4.79 Å². The fourth-order valence-electron chi connectivity index (χ4n) is 2.53. The van der Waals surface area contributed by atoms with Crippen molar-refractivity contribution in [3.8, 4) is 0 Å². The first-order valence-electron chi connectivity index (χ1n) is 6.62. The highest BCUT2D eigenvalue weighted by Crippen LogP contribution is 2.32. The normalized spacial score (nSPS) is 17.4. The highest BCUT2D eigenvalue weighted by atomic mass is 16.1. The molecule has 0 radical (unpaired) electrons. The number of para-hydroxylation sites is 1. The van der Waals surface area contributed by atoms with E-state index in [-0.39, 0.29) is 11.9 Å². The van der Waals surface area contributed by atoms with Crippen molar-refractivity contribution in [3.05, 3.63) is 54.1 Å². The molecule has 1 aromatic carbocycles. The van der Waals surface area contributed by atoms with Crippen LogP contribution in [0.4, 0.5) is 5.69 Å². The Morgan fingerprint density at radius 2 is 2.20 bits per heavy atom. The fourth-order valence-corrected chi connectivity index (χ4v) is 2.53. The van der Waals surface area contributed by atoms with Crippen molar-refractivity contribution in [1.29, 1.82) is 0 Å². The lowest BCUT2D eigenvalue weighted by molar-refractivity contribution is 0.0928. The SMILES string of the molecule is CN1CCC(NC(=O)c2cnccn2)c2ccccc21. The van der Waals surface area contributed by atoms with Crippen LogP contribution in [0.1, 0.15) is 28.5 Å². The van der Waals surface area contributed by atoms with Crippen LogP contribution in [0.5, 0.6) is 0 Å². The van der Waals surface area contributed by atoms with Crippen LogP contribution in [0.15, 0.2) is 42.9 Å². The first-order chi connectivity index (χ1) is 9.75. The van der Waals surface area contributed by atoms with E-state index in [2.05, 4.69) is 39.4 Å². The molecule has 1 aromatic heterocycles. The lowest BCUT2D eigenvalue weighted by Gasteiger charge is -2.33. The number of amides is 1. The van der Waals surface area contributed by atoms with E-state index >= 15 is 0 Å². The standard InChI is InChI=1S/C15H16N4O/c1-19-9-6-12(11-4-2-3-5-14(11)19)18-15(20)13-10-16-7-8-17-13/h2-5,7-8,10,12H,6,9H2,1H3,(H,18,20). The van der Waals surface area contributed by atoms with Gasteiger partial charge in [-0.3, -0.25) is 9.78 Å². The fraction of sp³-hybridized carbons (Fsp3) is 0.267. The molecule has 2 heterocycles. The maximum Gasteiger partial charge on any atom is 0.271 e. The lowest BCUT2D eigenvalue weighted by atomic mass is 9.96. The van der Waals surface area contributed by atoms with E-state index in [1.54, 1.807) is 6.20 Å². The van der Waals surface area contributed by atoms with Gasteiger partial charge in [0, 0.05) is 31.7 Å². The average molecular weight is 268 g/mol. The van der Waals surface area contributed by atoms with E-state index in [0.29, 0.717) is 5.69 Å². The molecule has 5 nitrogen and oxygen atoms in total. The highest BCUT2D eigenvalue weighted by Gasteiger charge is 2.24. The van der Waals surface area contributed by atoms with E-state index in [0.717, 1.165) is 18.5 Å². The zero-order valence-electron chi connectivity index (χ0n) is 11.3. The van der Waals surface area contributed by atoms with Crippen molar-refractivity contribution in [3.63, 3.8) is 0 Å². The zero-order chi connectivity index (χ0) is 13.9. The molecule has 1 unspecified atom stereocenters. The van der Waals surface area contributed by atoms with Crippen molar-refractivity contribution in [1.82, 2.24) is 15.3 Å². The summed E-state index contributed by atoms with van der Waals surface area (Å²) in [6.45, 7) is 0.919. The Labute approximate surface area is 117 Å². The number of nitrogens with one attached hydrogen (secondary N) is 1. The molecule has 1 amide bonds. The summed E-state index contributed by atoms with van der Waals surface area (Å²) >= 11 is 0. The molecule has 20 heavy (non-hydrogen) atoms. The van der Waals surface area contributed by atoms with Gasteiger partial charge < -0.3 is 10.2 Å².